The Kier molecular flexibility index (Phi) is 2.75. The van der Waals surface area contributed by atoms with Gasteiger partial charge in [-0.2, -0.15) is 0 Å². The van der Waals surface area contributed by atoms with Crippen molar-refractivity contribution in [2.75, 3.05) is 5.32 Å². The van der Waals surface area contributed by atoms with E-state index in [9.17, 15) is 8.78 Å². The molecule has 0 saturated carbocycles. The second-order valence-corrected chi connectivity index (χ2v) is 3.85. The summed E-state index contributed by atoms with van der Waals surface area (Å²) in [6, 6.07) is 6.80. The molecule has 0 spiro atoms. The van der Waals surface area contributed by atoms with Crippen molar-refractivity contribution in [3.8, 4) is 0 Å². The zero-order valence-corrected chi connectivity index (χ0v) is 9.64. The van der Waals surface area contributed by atoms with Crippen LogP contribution in [0.3, 0.4) is 0 Å². The highest BCUT2D eigenvalue weighted by atomic mass is 19.1. The summed E-state index contributed by atoms with van der Waals surface area (Å²) in [6.07, 6.45) is 2.94. The number of nitrogens with one attached hydrogen (secondary N) is 1. The lowest BCUT2D eigenvalue weighted by molar-refractivity contribution is 0.586. The predicted octanol–water partition coefficient (Wildman–Crippen LogP) is 3.05. The number of fused-ring (bicyclic) bond motifs is 1. The maximum absolute atomic E-state index is 13.6. The van der Waals surface area contributed by atoms with Crippen molar-refractivity contribution in [2.45, 2.75) is 0 Å². The molecular formula is C13H8F2N4. The fraction of sp³-hybridized carbons (Fsp3) is 0. The molecule has 19 heavy (non-hydrogen) atoms. The van der Waals surface area contributed by atoms with Crippen molar-refractivity contribution in [2.24, 2.45) is 0 Å². The fourth-order valence-electron chi connectivity index (χ4n) is 1.71. The number of benzene rings is 1. The van der Waals surface area contributed by atoms with Crippen LogP contribution in [-0.2, 0) is 0 Å². The van der Waals surface area contributed by atoms with Crippen LogP contribution < -0.4 is 5.32 Å². The molecule has 0 fully saturated rings. The average Bonchev–Trinajstić information content (AvgIpc) is 2.42. The minimum atomic E-state index is -0.685. The van der Waals surface area contributed by atoms with Crippen LogP contribution in [0.25, 0.3) is 11.0 Å². The third-order valence-electron chi connectivity index (χ3n) is 2.59. The first-order valence-electron chi connectivity index (χ1n) is 5.52. The molecule has 1 N–H and O–H groups in total. The molecule has 4 nitrogen and oxygen atoms in total. The quantitative estimate of drug-likeness (QED) is 0.767. The molecule has 0 amide bonds. The lowest BCUT2D eigenvalue weighted by Crippen LogP contribution is -1.99. The Bertz CT molecular complexity index is 740. The SMILES string of the molecule is Fc1ccc(Nc2ncnc3ncccc23)c(F)c1. The topological polar surface area (TPSA) is 50.7 Å². The maximum atomic E-state index is 13.6. The number of hydrogen-bond donors (Lipinski definition) is 1. The van der Waals surface area contributed by atoms with Crippen LogP contribution in [0, 0.1) is 11.6 Å². The van der Waals surface area contributed by atoms with Crippen molar-refractivity contribution in [1.29, 1.82) is 0 Å². The van der Waals surface area contributed by atoms with Gasteiger partial charge in [0.2, 0.25) is 0 Å². The first kappa shape index (κ1) is 11.5. The van der Waals surface area contributed by atoms with E-state index in [-0.39, 0.29) is 5.69 Å². The molecule has 0 unspecified atom stereocenters. The van der Waals surface area contributed by atoms with E-state index in [2.05, 4.69) is 20.3 Å². The second-order valence-electron chi connectivity index (χ2n) is 3.85. The molecule has 0 radical (unpaired) electrons. The van der Waals surface area contributed by atoms with E-state index >= 15 is 0 Å². The van der Waals surface area contributed by atoms with Crippen molar-refractivity contribution in [1.82, 2.24) is 15.0 Å². The minimum absolute atomic E-state index is 0.144. The van der Waals surface area contributed by atoms with Crippen LogP contribution in [0.4, 0.5) is 20.3 Å². The summed E-state index contributed by atoms with van der Waals surface area (Å²) >= 11 is 0. The molecule has 0 atom stereocenters. The number of rotatable bonds is 2. The summed E-state index contributed by atoms with van der Waals surface area (Å²) in [5, 5.41) is 3.47. The summed E-state index contributed by atoms with van der Waals surface area (Å²) < 4.78 is 26.4. The zero-order valence-electron chi connectivity index (χ0n) is 9.64. The first-order chi connectivity index (χ1) is 9.24. The van der Waals surface area contributed by atoms with Gasteiger partial charge >= 0.3 is 0 Å². The molecular weight excluding hydrogens is 250 g/mol. The lowest BCUT2D eigenvalue weighted by atomic mass is 10.2. The molecule has 0 bridgehead atoms. The highest BCUT2D eigenvalue weighted by Gasteiger charge is 2.08. The van der Waals surface area contributed by atoms with Gasteiger partial charge in [-0.15, -0.1) is 0 Å². The van der Waals surface area contributed by atoms with Gasteiger partial charge in [0.25, 0.3) is 0 Å². The summed E-state index contributed by atoms with van der Waals surface area (Å²) in [5.74, 6) is -0.892. The van der Waals surface area contributed by atoms with Crippen LogP contribution in [-0.4, -0.2) is 15.0 Å². The first-order valence-corrected chi connectivity index (χ1v) is 5.52. The maximum Gasteiger partial charge on any atom is 0.164 e. The van der Waals surface area contributed by atoms with Crippen LogP contribution in [0.1, 0.15) is 0 Å². The van der Waals surface area contributed by atoms with Gasteiger partial charge in [-0.05, 0) is 24.3 Å². The van der Waals surface area contributed by atoms with E-state index in [0.717, 1.165) is 6.07 Å². The molecule has 0 aliphatic heterocycles. The van der Waals surface area contributed by atoms with Gasteiger partial charge in [-0.25, -0.2) is 23.7 Å². The Morgan fingerprint density at radius 3 is 2.74 bits per heavy atom. The van der Waals surface area contributed by atoms with E-state index in [0.29, 0.717) is 16.9 Å². The lowest BCUT2D eigenvalue weighted by Gasteiger charge is -2.08. The van der Waals surface area contributed by atoms with Gasteiger partial charge in [0.15, 0.2) is 5.65 Å². The Labute approximate surface area is 107 Å². The van der Waals surface area contributed by atoms with Crippen LogP contribution in [0.5, 0.6) is 0 Å². The van der Waals surface area contributed by atoms with Crippen molar-refractivity contribution < 1.29 is 8.78 Å². The third-order valence-corrected chi connectivity index (χ3v) is 2.59. The Morgan fingerprint density at radius 1 is 1.00 bits per heavy atom. The van der Waals surface area contributed by atoms with Crippen molar-refractivity contribution in [3.05, 3.63) is 54.5 Å². The molecule has 2 heterocycles. The number of nitrogens with zero attached hydrogens (tertiary/aromatic N) is 3. The third kappa shape index (κ3) is 2.20. The van der Waals surface area contributed by atoms with Gasteiger partial charge in [-0.1, -0.05) is 0 Å². The van der Waals surface area contributed by atoms with E-state index < -0.39 is 11.6 Å². The number of anilines is 2. The van der Waals surface area contributed by atoms with Gasteiger partial charge in [0.1, 0.15) is 23.8 Å². The second kappa shape index (κ2) is 4.56. The van der Waals surface area contributed by atoms with Crippen molar-refractivity contribution in [3.63, 3.8) is 0 Å². The Hall–Kier alpha value is -2.63. The molecule has 94 valence electrons. The minimum Gasteiger partial charge on any atom is -0.337 e. The fourth-order valence-corrected chi connectivity index (χ4v) is 1.71. The molecule has 2 aromatic heterocycles. The van der Waals surface area contributed by atoms with Crippen molar-refractivity contribution >= 4 is 22.5 Å². The summed E-state index contributed by atoms with van der Waals surface area (Å²) in [5.41, 5.74) is 0.646. The van der Waals surface area contributed by atoms with Gasteiger partial charge in [-0.3, -0.25) is 0 Å². The van der Waals surface area contributed by atoms with E-state index in [1.165, 1.54) is 18.5 Å². The average molecular weight is 258 g/mol. The Balaban J connectivity index is 2.06. The van der Waals surface area contributed by atoms with Crippen LogP contribution >= 0.6 is 0 Å². The Morgan fingerprint density at radius 2 is 1.89 bits per heavy atom. The van der Waals surface area contributed by atoms with E-state index in [1.807, 2.05) is 0 Å². The van der Waals surface area contributed by atoms with Crippen LogP contribution in [0.2, 0.25) is 0 Å². The summed E-state index contributed by atoms with van der Waals surface area (Å²) in [7, 11) is 0. The number of hydrogen-bond acceptors (Lipinski definition) is 4. The molecule has 6 heteroatoms. The number of halogens is 2. The summed E-state index contributed by atoms with van der Waals surface area (Å²) in [4.78, 5) is 12.1. The standard InChI is InChI=1S/C13H8F2N4/c14-8-3-4-11(10(15)6-8)19-13-9-2-1-5-16-12(9)17-7-18-13/h1-7H,(H,16,17,18,19). The molecule has 0 aliphatic rings. The largest absolute Gasteiger partial charge is 0.337 e. The molecule has 0 saturated heterocycles. The van der Waals surface area contributed by atoms with Gasteiger partial charge in [0, 0.05) is 12.3 Å². The number of pyridine rings is 1. The van der Waals surface area contributed by atoms with Crippen LogP contribution in [0.15, 0.2) is 42.9 Å². The monoisotopic (exact) mass is 258 g/mol. The van der Waals surface area contributed by atoms with E-state index in [1.54, 1.807) is 18.3 Å². The summed E-state index contributed by atoms with van der Waals surface area (Å²) in [6.45, 7) is 0. The highest BCUT2D eigenvalue weighted by molar-refractivity contribution is 5.87. The normalized spacial score (nSPS) is 10.6. The molecule has 0 aliphatic carbocycles. The zero-order chi connectivity index (χ0) is 13.2. The number of aromatic nitrogens is 3. The molecule has 1 aromatic carbocycles. The predicted molar refractivity (Wildman–Crippen MR) is 67.0 cm³/mol. The van der Waals surface area contributed by atoms with E-state index in [4.69, 9.17) is 0 Å². The van der Waals surface area contributed by atoms with Gasteiger partial charge in [0.05, 0.1) is 11.1 Å². The molecule has 3 rings (SSSR count). The van der Waals surface area contributed by atoms with Gasteiger partial charge < -0.3 is 5.32 Å². The molecule has 3 aromatic rings. The highest BCUT2D eigenvalue weighted by Crippen LogP contribution is 2.23. The smallest absolute Gasteiger partial charge is 0.164 e.